The summed E-state index contributed by atoms with van der Waals surface area (Å²) in [6.45, 7) is -4.28. The number of ether oxygens (including phenoxy) is 8. The lowest BCUT2D eigenvalue weighted by molar-refractivity contribution is -0.403. The number of aliphatic hydroxyl groups is 14. The van der Waals surface area contributed by atoms with Gasteiger partial charge in [0.25, 0.3) is 5.79 Å². The Hall–Kier alpha value is -2.47. The van der Waals surface area contributed by atoms with Gasteiger partial charge in [-0.2, -0.15) is 0 Å². The van der Waals surface area contributed by atoms with Crippen LogP contribution in [0.1, 0.15) is 13.3 Å². The van der Waals surface area contributed by atoms with Crippen molar-refractivity contribution in [3.63, 3.8) is 0 Å². The van der Waals surface area contributed by atoms with Gasteiger partial charge in [-0.1, -0.05) is 0 Å². The number of aliphatic hydroxyl groups excluding tert-OH is 14. The Bertz CT molecular complexity index is 1400. The van der Waals surface area contributed by atoms with E-state index < -0.39 is 192 Å². The number of aliphatic carboxylic acids is 1. The Balaban J connectivity index is 1.75. The van der Waals surface area contributed by atoms with Gasteiger partial charge in [0, 0.05) is 13.3 Å². The smallest absolute Gasteiger partial charge is 0.364 e. The normalized spacial score (nSPS) is 43.5. The number of hydrogen-bond acceptors (Lipinski definition) is 25. The molecule has 17 N–H and O–H groups in total. The molecule has 0 aromatic carbocycles. The second-order valence-electron chi connectivity index (χ2n) is 14.8. The number of rotatable bonds is 20. The Morgan fingerprint density at radius 2 is 1.33 bits per heavy atom. The van der Waals surface area contributed by atoms with Crippen LogP contribution in [0.2, 0.25) is 0 Å². The first-order valence-electron chi connectivity index (χ1n) is 18.9. The largest absolute Gasteiger partial charge is 0.477 e. The van der Waals surface area contributed by atoms with Crippen LogP contribution in [0.15, 0.2) is 0 Å². The van der Waals surface area contributed by atoms with Gasteiger partial charge in [0.15, 0.2) is 18.9 Å². The van der Waals surface area contributed by atoms with Crippen molar-refractivity contribution in [2.24, 2.45) is 0 Å². The van der Waals surface area contributed by atoms with E-state index in [1.807, 2.05) is 0 Å². The second-order valence-corrected chi connectivity index (χ2v) is 14.8. The predicted octanol–water partition coefficient (Wildman–Crippen LogP) is -11.3. The quantitative estimate of drug-likeness (QED) is 0.0505. The molecule has 4 rings (SSSR count). The monoisotopic (exact) mass is 896 g/mol. The molecule has 0 aromatic heterocycles. The van der Waals surface area contributed by atoms with Crippen molar-refractivity contribution in [2.75, 3.05) is 39.6 Å². The molecule has 4 heterocycles. The lowest BCUT2D eigenvalue weighted by atomic mass is 9.90. The first kappa shape index (κ1) is 51.2. The summed E-state index contributed by atoms with van der Waals surface area (Å²) in [4.78, 5) is 36.0. The minimum Gasteiger partial charge on any atom is -0.477 e. The third-order valence-electron chi connectivity index (χ3n) is 10.5. The first-order valence-corrected chi connectivity index (χ1v) is 18.9. The van der Waals surface area contributed by atoms with Crippen molar-refractivity contribution in [1.82, 2.24) is 10.6 Å². The molecular formula is C33H56N2O26. The zero-order valence-corrected chi connectivity index (χ0v) is 32.4. The lowest BCUT2D eigenvalue weighted by Gasteiger charge is -2.52. The van der Waals surface area contributed by atoms with Crippen LogP contribution in [-0.4, -0.2) is 269 Å². The van der Waals surface area contributed by atoms with Gasteiger partial charge in [-0.15, -0.1) is 0 Å². The van der Waals surface area contributed by atoms with Crippen molar-refractivity contribution in [3.05, 3.63) is 0 Å². The molecule has 4 saturated heterocycles. The lowest BCUT2D eigenvalue weighted by Crippen LogP contribution is -2.71. The van der Waals surface area contributed by atoms with E-state index in [2.05, 4.69) is 10.6 Å². The zero-order valence-electron chi connectivity index (χ0n) is 32.4. The summed E-state index contributed by atoms with van der Waals surface area (Å²) in [6.07, 6.45) is -39.3. The molecule has 0 spiro atoms. The molecule has 0 aromatic rings. The fourth-order valence-electron chi connectivity index (χ4n) is 7.20. The maximum absolute atomic E-state index is 13.1. The van der Waals surface area contributed by atoms with E-state index in [4.69, 9.17) is 37.9 Å². The van der Waals surface area contributed by atoms with Crippen LogP contribution in [0.3, 0.4) is 0 Å². The molecule has 22 atom stereocenters. The van der Waals surface area contributed by atoms with Crippen molar-refractivity contribution in [1.29, 1.82) is 0 Å². The van der Waals surface area contributed by atoms with E-state index in [0.717, 1.165) is 6.92 Å². The van der Waals surface area contributed by atoms with Crippen LogP contribution in [0, 0.1) is 0 Å². The standard InChI is InChI=1S/C33H56N2O26/c1-10(42)35-17-21(48)20(47)14(5-38)55-29(17)59-26-16(7-40)57-31(58-25-15(6-39)56-30(23(50)22(25)49)54-8-11(3-36)34-9-41)24(51)28(26)61-33(32(52)53)2-12(43)18(45)27(60-33)19(46)13(44)4-37/h9,11-31,36-40,43-51H,2-8H2,1H3,(H,34,41)(H,35,42)(H,52,53)/t11-,12+,13-,14-,15-,16-,17-,18-,19-,20+,21-,22-,23-,24-,25-,26+,27-,28-,29+,30-,31+,33+/m1/s1. The summed E-state index contributed by atoms with van der Waals surface area (Å²) in [5, 5.41) is 162. The van der Waals surface area contributed by atoms with E-state index in [9.17, 15) is 91.0 Å². The predicted molar refractivity (Wildman–Crippen MR) is 186 cm³/mol. The fraction of sp³-hybridized carbons (Fsp3) is 0.909. The summed E-state index contributed by atoms with van der Waals surface area (Å²) in [7, 11) is 0. The molecule has 28 nitrogen and oxygen atoms in total. The minimum atomic E-state index is -3.25. The van der Waals surface area contributed by atoms with Gasteiger partial charge >= 0.3 is 5.97 Å². The van der Waals surface area contributed by atoms with Crippen LogP contribution in [0.5, 0.6) is 0 Å². The number of carbonyl (C=O) groups is 3. The molecule has 4 aliphatic rings. The summed E-state index contributed by atoms with van der Waals surface area (Å²) in [6, 6.07) is -2.68. The van der Waals surface area contributed by atoms with E-state index in [-0.39, 0.29) is 6.41 Å². The summed E-state index contributed by atoms with van der Waals surface area (Å²) >= 11 is 0. The van der Waals surface area contributed by atoms with Gasteiger partial charge in [-0.3, -0.25) is 9.59 Å². The average molecular weight is 897 g/mol. The summed E-state index contributed by atoms with van der Waals surface area (Å²) in [5.41, 5.74) is 0. The molecule has 2 amide bonds. The topological polar surface area (TPSA) is 453 Å². The summed E-state index contributed by atoms with van der Waals surface area (Å²) in [5.74, 6) is -6.17. The Morgan fingerprint density at radius 1 is 0.738 bits per heavy atom. The number of nitrogens with one attached hydrogen (secondary N) is 2. The highest BCUT2D eigenvalue weighted by molar-refractivity contribution is 5.76. The van der Waals surface area contributed by atoms with Crippen LogP contribution in [-0.2, 0) is 52.3 Å². The maximum atomic E-state index is 13.1. The molecule has 0 radical (unpaired) electrons. The number of carboxylic acids is 1. The van der Waals surface area contributed by atoms with E-state index >= 15 is 0 Å². The van der Waals surface area contributed by atoms with E-state index in [0.29, 0.717) is 0 Å². The zero-order chi connectivity index (χ0) is 45.5. The molecule has 4 fully saturated rings. The third-order valence-corrected chi connectivity index (χ3v) is 10.5. The van der Waals surface area contributed by atoms with Gasteiger partial charge in [0.05, 0.1) is 51.8 Å². The second kappa shape index (κ2) is 22.4. The summed E-state index contributed by atoms with van der Waals surface area (Å²) < 4.78 is 45.4. The molecular weight excluding hydrogens is 840 g/mol. The highest BCUT2D eigenvalue weighted by Crippen LogP contribution is 2.40. The molecule has 354 valence electrons. The molecule has 0 unspecified atom stereocenters. The fourth-order valence-corrected chi connectivity index (χ4v) is 7.20. The maximum Gasteiger partial charge on any atom is 0.364 e. The SMILES string of the molecule is CC(=O)N[C@H]1[C@H](O[C@@H]2[C@H](O[C@]3(C(=O)O)C[C@H](O)[C@@H](O)[C@H]([C@H](O)[C@H](O)CO)O3)[C@@H](O)[C@H](O[C@H]3[C@H](O)[C@@H](O)[C@H](OC[C@@H](CO)NC=O)O[C@@H]3CO)O[C@@H]2CO)O[C@H](CO)[C@H](O)[C@@H]1O. The highest BCUT2D eigenvalue weighted by atomic mass is 16.8. The first-order chi connectivity index (χ1) is 28.8. The number of carboxylic acid groups (broad SMARTS) is 1. The third kappa shape index (κ3) is 11.4. The van der Waals surface area contributed by atoms with Crippen LogP contribution < -0.4 is 10.6 Å². The molecule has 61 heavy (non-hydrogen) atoms. The number of amides is 2. The molecule has 0 saturated carbocycles. The average Bonchev–Trinajstić information content (AvgIpc) is 3.23. The van der Waals surface area contributed by atoms with Crippen molar-refractivity contribution >= 4 is 18.3 Å². The van der Waals surface area contributed by atoms with Gasteiger partial charge in [-0.05, 0) is 0 Å². The van der Waals surface area contributed by atoms with Crippen molar-refractivity contribution < 1.29 is 129 Å². The molecule has 28 heteroatoms. The number of hydrogen-bond donors (Lipinski definition) is 17. The van der Waals surface area contributed by atoms with E-state index in [1.54, 1.807) is 0 Å². The molecule has 4 aliphatic heterocycles. The Morgan fingerprint density at radius 3 is 1.89 bits per heavy atom. The van der Waals surface area contributed by atoms with Gasteiger partial charge in [0.1, 0.15) is 97.6 Å². The molecule has 0 bridgehead atoms. The van der Waals surface area contributed by atoms with Crippen LogP contribution in [0.25, 0.3) is 0 Å². The van der Waals surface area contributed by atoms with Crippen LogP contribution in [0.4, 0.5) is 0 Å². The number of carbonyl (C=O) groups excluding carboxylic acids is 2. The van der Waals surface area contributed by atoms with Gasteiger partial charge in [0.2, 0.25) is 12.3 Å². The van der Waals surface area contributed by atoms with E-state index in [1.165, 1.54) is 0 Å². The van der Waals surface area contributed by atoms with Gasteiger partial charge < -0.3 is 125 Å². The van der Waals surface area contributed by atoms with Crippen LogP contribution >= 0.6 is 0 Å². The van der Waals surface area contributed by atoms with Crippen molar-refractivity contribution in [3.8, 4) is 0 Å². The Labute approximate surface area is 345 Å². The van der Waals surface area contributed by atoms with Gasteiger partial charge in [-0.25, -0.2) is 4.79 Å². The minimum absolute atomic E-state index is 0.260. The Kier molecular flexibility index (Phi) is 18.8. The van der Waals surface area contributed by atoms with Crippen molar-refractivity contribution in [2.45, 2.75) is 148 Å². The highest BCUT2D eigenvalue weighted by Gasteiger charge is 2.61. The molecule has 0 aliphatic carbocycles.